The van der Waals surface area contributed by atoms with Crippen molar-refractivity contribution in [3.05, 3.63) is 0 Å². The maximum absolute atomic E-state index is 12.0. The number of rotatable bonds is 6. The number of hydrogen-bond acceptors (Lipinski definition) is 2. The van der Waals surface area contributed by atoms with E-state index in [9.17, 15) is 13.2 Å². The Hall–Kier alpha value is -0.290. The lowest BCUT2D eigenvalue weighted by molar-refractivity contribution is -0.138. The van der Waals surface area contributed by atoms with E-state index in [2.05, 4.69) is 31.4 Å². The molecular weight excluding hydrogens is 217 g/mol. The maximum atomic E-state index is 12.0. The van der Waals surface area contributed by atoms with E-state index < -0.39 is 18.6 Å². The number of hydrogen-bond donors (Lipinski definition) is 2. The molecule has 1 atom stereocenters. The summed E-state index contributed by atoms with van der Waals surface area (Å²) in [6, 6.07) is -0.505. The first kappa shape index (κ1) is 15.7. The maximum Gasteiger partial charge on any atom is 0.390 e. The molecule has 0 heterocycles. The molecule has 2 N–H and O–H groups in total. The second-order valence-corrected chi connectivity index (χ2v) is 5.20. The molecule has 0 aliphatic heterocycles. The Morgan fingerprint density at radius 2 is 1.62 bits per heavy atom. The second-order valence-electron chi connectivity index (χ2n) is 5.20. The van der Waals surface area contributed by atoms with E-state index in [0.29, 0.717) is 6.54 Å². The molecule has 0 saturated carbocycles. The average molecular weight is 240 g/mol. The van der Waals surface area contributed by atoms with Crippen LogP contribution >= 0.6 is 0 Å². The van der Waals surface area contributed by atoms with Gasteiger partial charge in [-0.3, -0.25) is 0 Å². The molecule has 0 aromatic heterocycles. The topological polar surface area (TPSA) is 24.1 Å². The highest BCUT2D eigenvalue weighted by atomic mass is 19.4. The molecule has 0 aromatic rings. The van der Waals surface area contributed by atoms with Crippen LogP contribution in [0.3, 0.4) is 0 Å². The van der Waals surface area contributed by atoms with Gasteiger partial charge in [-0.05, 0) is 47.2 Å². The van der Waals surface area contributed by atoms with Crippen LogP contribution in [0.15, 0.2) is 0 Å². The molecule has 0 amide bonds. The lowest BCUT2D eigenvalue weighted by atomic mass is 10.1. The van der Waals surface area contributed by atoms with E-state index in [1.165, 1.54) is 0 Å². The zero-order chi connectivity index (χ0) is 12.8. The monoisotopic (exact) mass is 240 g/mol. The fourth-order valence-electron chi connectivity index (χ4n) is 1.32. The minimum absolute atomic E-state index is 0.0670. The van der Waals surface area contributed by atoms with Crippen LogP contribution < -0.4 is 10.6 Å². The van der Waals surface area contributed by atoms with Crippen molar-refractivity contribution in [3.8, 4) is 0 Å². The van der Waals surface area contributed by atoms with Crippen LogP contribution in [0.25, 0.3) is 0 Å². The molecule has 0 spiro atoms. The fraction of sp³-hybridized carbons (Fsp3) is 1.00. The Morgan fingerprint density at radius 1 is 1.06 bits per heavy atom. The molecule has 2 nitrogen and oxygen atoms in total. The summed E-state index contributed by atoms with van der Waals surface area (Å²) in [5.41, 5.74) is 0.0670. The van der Waals surface area contributed by atoms with Crippen LogP contribution in [0.2, 0.25) is 0 Å². The van der Waals surface area contributed by atoms with Gasteiger partial charge in [0.2, 0.25) is 0 Å². The number of alkyl halides is 3. The van der Waals surface area contributed by atoms with Crippen LogP contribution in [0.5, 0.6) is 0 Å². The summed E-state index contributed by atoms with van der Waals surface area (Å²) in [4.78, 5) is 0. The van der Waals surface area contributed by atoms with Gasteiger partial charge in [-0.1, -0.05) is 0 Å². The Morgan fingerprint density at radius 3 is 2.06 bits per heavy atom. The summed E-state index contributed by atoms with van der Waals surface area (Å²) < 4.78 is 36.0. The van der Waals surface area contributed by atoms with Gasteiger partial charge >= 0.3 is 6.18 Å². The van der Waals surface area contributed by atoms with Gasteiger partial charge in [0.25, 0.3) is 0 Å². The first-order valence-electron chi connectivity index (χ1n) is 5.65. The predicted molar refractivity (Wildman–Crippen MR) is 60.5 cm³/mol. The smallest absolute Gasteiger partial charge is 0.314 e. The van der Waals surface area contributed by atoms with Crippen LogP contribution in [0.1, 0.15) is 40.5 Å². The lowest BCUT2D eigenvalue weighted by Crippen LogP contribution is -2.38. The van der Waals surface area contributed by atoms with E-state index in [-0.39, 0.29) is 5.54 Å². The average Bonchev–Trinajstić information content (AvgIpc) is 1.97. The Kier molecular flexibility index (Phi) is 6.33. The molecule has 0 aromatic carbocycles. The van der Waals surface area contributed by atoms with Crippen molar-refractivity contribution >= 4 is 0 Å². The van der Waals surface area contributed by atoms with Crippen LogP contribution in [-0.4, -0.2) is 30.8 Å². The van der Waals surface area contributed by atoms with E-state index in [1.54, 1.807) is 6.92 Å². The molecular formula is C11H23F3N2. The van der Waals surface area contributed by atoms with Gasteiger partial charge in [-0.25, -0.2) is 0 Å². The van der Waals surface area contributed by atoms with Crippen LogP contribution in [0, 0.1) is 0 Å². The van der Waals surface area contributed by atoms with Crippen LogP contribution in [-0.2, 0) is 0 Å². The molecule has 0 aliphatic carbocycles. The quantitative estimate of drug-likeness (QED) is 0.697. The minimum Gasteiger partial charge on any atom is -0.314 e. The van der Waals surface area contributed by atoms with Crippen LogP contribution in [0.4, 0.5) is 13.2 Å². The standard InChI is InChI=1S/C11H23F3N2/c1-9(8-11(12,13)14)15-6-5-7-16-10(2,3)4/h9,15-16H,5-8H2,1-4H3. The van der Waals surface area contributed by atoms with E-state index in [4.69, 9.17) is 0 Å². The molecule has 0 aliphatic rings. The second kappa shape index (κ2) is 6.45. The summed E-state index contributed by atoms with van der Waals surface area (Å²) in [7, 11) is 0. The first-order valence-corrected chi connectivity index (χ1v) is 5.65. The number of nitrogens with one attached hydrogen (secondary N) is 2. The summed E-state index contributed by atoms with van der Waals surface area (Å²) in [6.07, 6.45) is -4.00. The third-order valence-electron chi connectivity index (χ3n) is 2.04. The molecule has 5 heteroatoms. The molecule has 0 fully saturated rings. The predicted octanol–water partition coefficient (Wildman–Crippen LogP) is 2.70. The zero-order valence-corrected chi connectivity index (χ0v) is 10.5. The van der Waals surface area contributed by atoms with Gasteiger partial charge in [0.1, 0.15) is 0 Å². The molecule has 0 rings (SSSR count). The van der Waals surface area contributed by atoms with Crippen molar-refractivity contribution in [2.45, 2.75) is 58.3 Å². The molecule has 98 valence electrons. The zero-order valence-electron chi connectivity index (χ0n) is 10.5. The third-order valence-corrected chi connectivity index (χ3v) is 2.04. The third kappa shape index (κ3) is 11.8. The number of halogens is 3. The minimum atomic E-state index is -4.07. The summed E-state index contributed by atoms with van der Waals surface area (Å²) in [5.74, 6) is 0. The Balaban J connectivity index is 3.45. The van der Waals surface area contributed by atoms with E-state index in [1.807, 2.05) is 0 Å². The highest BCUT2D eigenvalue weighted by Crippen LogP contribution is 2.21. The van der Waals surface area contributed by atoms with Crippen molar-refractivity contribution in [1.82, 2.24) is 10.6 Å². The largest absolute Gasteiger partial charge is 0.390 e. The SMILES string of the molecule is CC(CC(F)(F)F)NCCCNC(C)(C)C. The Labute approximate surface area is 96.0 Å². The van der Waals surface area contributed by atoms with E-state index in [0.717, 1.165) is 13.0 Å². The molecule has 0 bridgehead atoms. The van der Waals surface area contributed by atoms with Gasteiger partial charge in [0.15, 0.2) is 0 Å². The summed E-state index contributed by atoms with van der Waals surface area (Å²) >= 11 is 0. The normalized spacial score (nSPS) is 15.2. The van der Waals surface area contributed by atoms with Crippen molar-refractivity contribution in [1.29, 1.82) is 0 Å². The lowest BCUT2D eigenvalue weighted by Gasteiger charge is -2.21. The molecule has 1 unspecified atom stereocenters. The highest BCUT2D eigenvalue weighted by Gasteiger charge is 2.29. The molecule has 16 heavy (non-hydrogen) atoms. The summed E-state index contributed by atoms with van der Waals surface area (Å²) in [5, 5.41) is 6.15. The van der Waals surface area contributed by atoms with Gasteiger partial charge in [0, 0.05) is 11.6 Å². The van der Waals surface area contributed by atoms with Gasteiger partial charge in [0.05, 0.1) is 6.42 Å². The summed E-state index contributed by atoms with van der Waals surface area (Å²) in [6.45, 7) is 9.17. The van der Waals surface area contributed by atoms with Crippen molar-refractivity contribution in [2.24, 2.45) is 0 Å². The Bertz CT molecular complexity index is 185. The highest BCUT2D eigenvalue weighted by molar-refractivity contribution is 4.71. The van der Waals surface area contributed by atoms with Crippen molar-refractivity contribution < 1.29 is 13.2 Å². The molecule has 0 saturated heterocycles. The molecule has 0 radical (unpaired) electrons. The van der Waals surface area contributed by atoms with Crippen molar-refractivity contribution in [3.63, 3.8) is 0 Å². The van der Waals surface area contributed by atoms with Crippen molar-refractivity contribution in [2.75, 3.05) is 13.1 Å². The van der Waals surface area contributed by atoms with Gasteiger partial charge in [-0.2, -0.15) is 13.2 Å². The first-order chi connectivity index (χ1) is 7.10. The van der Waals surface area contributed by atoms with Gasteiger partial charge in [-0.15, -0.1) is 0 Å². The van der Waals surface area contributed by atoms with E-state index >= 15 is 0 Å². The fourth-order valence-corrected chi connectivity index (χ4v) is 1.32. The van der Waals surface area contributed by atoms with Gasteiger partial charge < -0.3 is 10.6 Å².